The number of fused-ring (bicyclic) bond motifs is 1. The van der Waals surface area contributed by atoms with E-state index in [2.05, 4.69) is 29.2 Å². The topological polar surface area (TPSA) is 38.8 Å². The fourth-order valence-corrected chi connectivity index (χ4v) is 3.49. The van der Waals surface area contributed by atoms with Crippen molar-refractivity contribution in [3.63, 3.8) is 0 Å². The highest BCUT2D eigenvalue weighted by Gasteiger charge is 2.21. The number of nitrogens with zero attached hydrogens (tertiary/aromatic N) is 1. The van der Waals surface area contributed by atoms with Gasteiger partial charge in [-0.15, -0.1) is 0 Å². The minimum absolute atomic E-state index is 0.272. The van der Waals surface area contributed by atoms with Crippen LogP contribution in [0.2, 0.25) is 0 Å². The third kappa shape index (κ3) is 4.44. The van der Waals surface area contributed by atoms with Crippen LogP contribution < -0.4 is 4.74 Å². The van der Waals surface area contributed by atoms with Gasteiger partial charge in [0.15, 0.2) is 0 Å². The van der Waals surface area contributed by atoms with Crippen molar-refractivity contribution >= 4 is 5.97 Å². The molecule has 0 bridgehead atoms. The Morgan fingerprint density at radius 2 is 2.00 bits per heavy atom. The lowest BCUT2D eigenvalue weighted by Gasteiger charge is -2.25. The van der Waals surface area contributed by atoms with Gasteiger partial charge in [0.05, 0.1) is 12.7 Å². The second-order valence-corrected chi connectivity index (χ2v) is 7.14. The Morgan fingerprint density at radius 3 is 2.77 bits per heavy atom. The highest BCUT2D eigenvalue weighted by Crippen LogP contribution is 2.34. The average molecular weight is 353 g/mol. The molecule has 0 heterocycles. The van der Waals surface area contributed by atoms with Crippen LogP contribution in [0.15, 0.2) is 42.5 Å². The van der Waals surface area contributed by atoms with E-state index in [0.29, 0.717) is 18.1 Å². The van der Waals surface area contributed by atoms with Gasteiger partial charge >= 0.3 is 5.97 Å². The molecule has 4 nitrogen and oxygen atoms in total. The van der Waals surface area contributed by atoms with Crippen LogP contribution in [0.4, 0.5) is 0 Å². The van der Waals surface area contributed by atoms with Crippen LogP contribution in [0.1, 0.15) is 39.4 Å². The summed E-state index contributed by atoms with van der Waals surface area (Å²) in [6.45, 7) is 1.59. The number of esters is 1. The van der Waals surface area contributed by atoms with Gasteiger partial charge in [0.1, 0.15) is 12.4 Å². The fraction of sp³-hybridized carbons (Fsp3) is 0.409. The first-order valence-electron chi connectivity index (χ1n) is 9.14. The van der Waals surface area contributed by atoms with Crippen LogP contribution in [-0.4, -0.2) is 45.2 Å². The Hall–Kier alpha value is -2.33. The van der Waals surface area contributed by atoms with E-state index >= 15 is 0 Å². The molecular formula is C22H27NO3. The quantitative estimate of drug-likeness (QED) is 0.743. The zero-order chi connectivity index (χ0) is 18.5. The molecule has 0 spiro atoms. The fourth-order valence-electron chi connectivity index (χ4n) is 3.49. The number of hydrogen-bond acceptors (Lipinski definition) is 4. The molecule has 4 heteroatoms. The average Bonchev–Trinajstić information content (AvgIpc) is 2.66. The van der Waals surface area contributed by atoms with Gasteiger partial charge in [-0.05, 0) is 80.2 Å². The number of benzene rings is 2. The molecule has 3 rings (SSSR count). The van der Waals surface area contributed by atoms with E-state index in [1.54, 1.807) is 0 Å². The first kappa shape index (κ1) is 18.5. The number of ether oxygens (including phenoxy) is 2. The van der Waals surface area contributed by atoms with Crippen LogP contribution in [0.25, 0.3) is 0 Å². The first-order valence-corrected chi connectivity index (χ1v) is 9.14. The van der Waals surface area contributed by atoms with Crippen molar-refractivity contribution < 1.29 is 14.3 Å². The summed E-state index contributed by atoms with van der Waals surface area (Å²) in [5, 5.41) is 0. The van der Waals surface area contributed by atoms with Crippen molar-refractivity contribution in [2.24, 2.45) is 0 Å². The largest absolute Gasteiger partial charge is 0.492 e. The number of carbonyl (C=O) groups excluding carboxylic acids is 1. The second-order valence-electron chi connectivity index (χ2n) is 7.14. The Bertz CT molecular complexity index is 770. The highest BCUT2D eigenvalue weighted by atomic mass is 16.5. The van der Waals surface area contributed by atoms with Crippen molar-refractivity contribution in [1.29, 1.82) is 0 Å². The second kappa shape index (κ2) is 8.37. The number of likely N-dealkylation sites (N-methyl/N-ethyl adjacent to an activating group) is 1. The molecule has 0 radical (unpaired) electrons. The third-order valence-corrected chi connectivity index (χ3v) is 4.99. The van der Waals surface area contributed by atoms with Crippen molar-refractivity contribution in [1.82, 2.24) is 4.90 Å². The maximum absolute atomic E-state index is 11.8. The van der Waals surface area contributed by atoms with E-state index in [1.807, 2.05) is 32.3 Å². The maximum atomic E-state index is 11.8. The SMILES string of the molecule is COC(=O)c1ccc2c(c1)CC(c1cccc(OCCN(C)C)c1)CC2. The number of rotatable bonds is 6. The van der Waals surface area contributed by atoms with Gasteiger partial charge < -0.3 is 14.4 Å². The standard InChI is InChI=1S/C22H27NO3/c1-23(2)11-12-26-21-6-4-5-17(15-21)18-9-7-16-8-10-19(22(24)25-3)14-20(16)13-18/h4-6,8,10,14-15,18H,7,9,11-13H2,1-3H3. The van der Waals surface area contributed by atoms with E-state index < -0.39 is 0 Å². The van der Waals surface area contributed by atoms with Crippen LogP contribution >= 0.6 is 0 Å². The van der Waals surface area contributed by atoms with E-state index in [4.69, 9.17) is 9.47 Å². The molecule has 1 aliphatic rings. The molecule has 138 valence electrons. The molecule has 0 aromatic heterocycles. The summed E-state index contributed by atoms with van der Waals surface area (Å²) in [6.07, 6.45) is 3.10. The molecule has 26 heavy (non-hydrogen) atoms. The first-order chi connectivity index (χ1) is 12.6. The zero-order valence-electron chi connectivity index (χ0n) is 15.8. The molecule has 2 aromatic rings. The van der Waals surface area contributed by atoms with Gasteiger partial charge in [-0.25, -0.2) is 4.79 Å². The highest BCUT2D eigenvalue weighted by molar-refractivity contribution is 5.89. The number of hydrogen-bond donors (Lipinski definition) is 0. The summed E-state index contributed by atoms with van der Waals surface area (Å²) < 4.78 is 10.7. The van der Waals surface area contributed by atoms with E-state index in [-0.39, 0.29) is 5.97 Å². The molecule has 1 unspecified atom stereocenters. The Labute approximate surface area is 155 Å². The summed E-state index contributed by atoms with van der Waals surface area (Å²) in [5.74, 6) is 1.11. The molecule has 1 atom stereocenters. The maximum Gasteiger partial charge on any atom is 0.337 e. The summed E-state index contributed by atoms with van der Waals surface area (Å²) in [5.41, 5.74) is 4.53. The van der Waals surface area contributed by atoms with Crippen molar-refractivity contribution in [2.45, 2.75) is 25.2 Å². The Morgan fingerprint density at radius 1 is 1.15 bits per heavy atom. The normalized spacial score (nSPS) is 16.2. The van der Waals surface area contributed by atoms with Gasteiger partial charge in [-0.1, -0.05) is 18.2 Å². The van der Waals surface area contributed by atoms with Crippen LogP contribution in [0.5, 0.6) is 5.75 Å². The summed E-state index contributed by atoms with van der Waals surface area (Å²) in [7, 11) is 5.51. The monoisotopic (exact) mass is 353 g/mol. The summed E-state index contributed by atoms with van der Waals surface area (Å²) in [4.78, 5) is 13.9. The molecule has 1 aliphatic carbocycles. The summed E-state index contributed by atoms with van der Waals surface area (Å²) >= 11 is 0. The predicted molar refractivity (Wildman–Crippen MR) is 103 cm³/mol. The molecule has 0 amide bonds. The molecule has 0 N–H and O–H groups in total. The van der Waals surface area contributed by atoms with Crippen LogP contribution in [0, 0.1) is 0 Å². The smallest absolute Gasteiger partial charge is 0.337 e. The van der Waals surface area contributed by atoms with E-state index in [1.165, 1.54) is 23.8 Å². The lowest BCUT2D eigenvalue weighted by molar-refractivity contribution is 0.0600. The van der Waals surface area contributed by atoms with Gasteiger partial charge in [-0.2, -0.15) is 0 Å². The van der Waals surface area contributed by atoms with E-state index in [0.717, 1.165) is 31.6 Å². The van der Waals surface area contributed by atoms with Gasteiger partial charge in [-0.3, -0.25) is 0 Å². The Kier molecular flexibility index (Phi) is 5.94. The van der Waals surface area contributed by atoms with E-state index in [9.17, 15) is 4.79 Å². The Balaban J connectivity index is 1.72. The minimum Gasteiger partial charge on any atom is -0.492 e. The molecule has 2 aromatic carbocycles. The molecule has 0 fully saturated rings. The molecule has 0 saturated heterocycles. The molecular weight excluding hydrogens is 326 g/mol. The van der Waals surface area contributed by atoms with Crippen LogP contribution in [0.3, 0.4) is 0 Å². The van der Waals surface area contributed by atoms with Crippen molar-refractivity contribution in [2.75, 3.05) is 34.4 Å². The van der Waals surface area contributed by atoms with Gasteiger partial charge in [0.25, 0.3) is 0 Å². The van der Waals surface area contributed by atoms with Gasteiger partial charge in [0.2, 0.25) is 0 Å². The minimum atomic E-state index is -0.272. The summed E-state index contributed by atoms with van der Waals surface area (Å²) in [6, 6.07) is 14.4. The lowest BCUT2D eigenvalue weighted by Crippen LogP contribution is -2.19. The number of carbonyl (C=O) groups is 1. The lowest BCUT2D eigenvalue weighted by atomic mass is 9.79. The third-order valence-electron chi connectivity index (χ3n) is 4.99. The predicted octanol–water partition coefficient (Wildman–Crippen LogP) is 3.69. The van der Waals surface area contributed by atoms with Crippen LogP contribution in [-0.2, 0) is 17.6 Å². The number of methoxy groups -OCH3 is 1. The number of aryl methyl sites for hydroxylation is 1. The van der Waals surface area contributed by atoms with Crippen molar-refractivity contribution in [3.05, 3.63) is 64.7 Å². The molecule has 0 aliphatic heterocycles. The molecule has 0 saturated carbocycles. The van der Waals surface area contributed by atoms with Crippen molar-refractivity contribution in [3.8, 4) is 5.75 Å². The van der Waals surface area contributed by atoms with Gasteiger partial charge in [0, 0.05) is 6.54 Å². The zero-order valence-corrected chi connectivity index (χ0v) is 15.8.